The van der Waals surface area contributed by atoms with Crippen LogP contribution < -0.4 is 10.6 Å². The third-order valence-corrected chi connectivity index (χ3v) is 4.28. The Morgan fingerprint density at radius 1 is 0.963 bits per heavy atom. The maximum Gasteiger partial charge on any atom is 0.221 e. The summed E-state index contributed by atoms with van der Waals surface area (Å²) in [5.41, 5.74) is 6.05. The molecule has 3 heterocycles. The molecule has 0 aliphatic rings. The zero-order valence-electron chi connectivity index (χ0n) is 15.7. The van der Waals surface area contributed by atoms with Gasteiger partial charge in [0.15, 0.2) is 11.3 Å². The molecule has 1 aromatic carbocycles. The minimum Gasteiger partial charge on any atom is -0.340 e. The summed E-state index contributed by atoms with van der Waals surface area (Å²) < 4.78 is 1.79. The van der Waals surface area contributed by atoms with E-state index in [-0.39, 0.29) is 5.91 Å². The molecule has 7 nitrogen and oxygen atoms in total. The Balaban J connectivity index is 1.79. The van der Waals surface area contributed by atoms with Gasteiger partial charge in [-0.3, -0.25) is 4.79 Å². The van der Waals surface area contributed by atoms with Crippen LogP contribution in [-0.2, 0) is 4.79 Å². The lowest BCUT2D eigenvalue weighted by molar-refractivity contribution is -0.114. The first-order valence-corrected chi connectivity index (χ1v) is 8.70. The average Bonchev–Trinajstić information content (AvgIpc) is 2.94. The van der Waals surface area contributed by atoms with Crippen LogP contribution >= 0.6 is 0 Å². The van der Waals surface area contributed by atoms with Crippen molar-refractivity contribution in [1.29, 1.82) is 0 Å². The summed E-state index contributed by atoms with van der Waals surface area (Å²) in [6, 6.07) is 11.5. The summed E-state index contributed by atoms with van der Waals surface area (Å²) in [5, 5.41) is 11.8. The normalized spacial score (nSPS) is 11.1. The highest BCUT2D eigenvalue weighted by Crippen LogP contribution is 2.26. The van der Waals surface area contributed by atoms with Gasteiger partial charge in [-0.15, -0.1) is 5.10 Å². The zero-order valence-corrected chi connectivity index (χ0v) is 15.7. The van der Waals surface area contributed by atoms with Crippen molar-refractivity contribution in [2.45, 2.75) is 27.7 Å². The SMILES string of the molecule is CC(=O)Nc1ccc(Nc2cc(C)nc3c4c(C)cc(C)nc4nn23)cc1. The van der Waals surface area contributed by atoms with Crippen LogP contribution in [0.1, 0.15) is 23.9 Å². The molecule has 0 saturated heterocycles. The largest absolute Gasteiger partial charge is 0.340 e. The number of pyridine rings is 1. The van der Waals surface area contributed by atoms with Gasteiger partial charge in [0, 0.05) is 35.8 Å². The van der Waals surface area contributed by atoms with Gasteiger partial charge < -0.3 is 10.6 Å². The van der Waals surface area contributed by atoms with Gasteiger partial charge >= 0.3 is 0 Å². The number of nitrogens with zero attached hydrogens (tertiary/aromatic N) is 4. The Hall–Kier alpha value is -3.48. The number of carbonyl (C=O) groups excluding carboxylic acids is 1. The molecule has 0 saturated carbocycles. The summed E-state index contributed by atoms with van der Waals surface area (Å²) in [5.74, 6) is 0.711. The molecule has 0 spiro atoms. The molecule has 1 amide bonds. The fourth-order valence-corrected chi connectivity index (χ4v) is 3.22. The van der Waals surface area contributed by atoms with Gasteiger partial charge in [-0.05, 0) is 56.7 Å². The number of amides is 1. The molecule has 0 bridgehead atoms. The van der Waals surface area contributed by atoms with Gasteiger partial charge in [-0.2, -0.15) is 4.52 Å². The third kappa shape index (κ3) is 3.19. The second kappa shape index (κ2) is 6.35. The summed E-state index contributed by atoms with van der Waals surface area (Å²) in [4.78, 5) is 20.4. The third-order valence-electron chi connectivity index (χ3n) is 4.28. The number of carbonyl (C=O) groups is 1. The van der Waals surface area contributed by atoms with E-state index in [0.29, 0.717) is 5.65 Å². The van der Waals surface area contributed by atoms with Gasteiger partial charge in [0.25, 0.3) is 0 Å². The van der Waals surface area contributed by atoms with Gasteiger partial charge in [0.1, 0.15) is 5.82 Å². The van der Waals surface area contributed by atoms with Gasteiger partial charge in [0.2, 0.25) is 5.91 Å². The lowest BCUT2D eigenvalue weighted by atomic mass is 10.2. The van der Waals surface area contributed by atoms with E-state index in [2.05, 4.69) is 32.6 Å². The van der Waals surface area contributed by atoms with Crippen molar-refractivity contribution in [3.63, 3.8) is 0 Å². The fraction of sp³-hybridized carbons (Fsp3) is 0.200. The molecule has 27 heavy (non-hydrogen) atoms. The molecule has 0 aliphatic carbocycles. The molecule has 0 atom stereocenters. The second-order valence-electron chi connectivity index (χ2n) is 6.68. The van der Waals surface area contributed by atoms with Crippen LogP contribution in [0.3, 0.4) is 0 Å². The van der Waals surface area contributed by atoms with Gasteiger partial charge in [-0.1, -0.05) is 0 Å². The number of nitrogens with one attached hydrogen (secondary N) is 2. The van der Waals surface area contributed by atoms with Crippen LogP contribution in [-0.4, -0.2) is 25.5 Å². The molecule has 0 fully saturated rings. The highest BCUT2D eigenvalue weighted by atomic mass is 16.1. The predicted octanol–water partition coefficient (Wildman–Crippen LogP) is 3.90. The van der Waals surface area contributed by atoms with E-state index in [9.17, 15) is 4.79 Å². The van der Waals surface area contributed by atoms with Crippen molar-refractivity contribution in [2.24, 2.45) is 0 Å². The number of fused-ring (bicyclic) bond motifs is 3. The molecule has 7 heteroatoms. The first-order valence-electron chi connectivity index (χ1n) is 8.70. The Morgan fingerprint density at radius 3 is 2.33 bits per heavy atom. The van der Waals surface area contributed by atoms with Crippen LogP contribution in [0.5, 0.6) is 0 Å². The topological polar surface area (TPSA) is 84.2 Å². The Labute approximate surface area is 156 Å². The molecule has 0 radical (unpaired) electrons. The van der Waals surface area contributed by atoms with Crippen molar-refractivity contribution >= 4 is 39.8 Å². The lowest BCUT2D eigenvalue weighted by Gasteiger charge is -2.10. The molecule has 4 aromatic rings. The maximum absolute atomic E-state index is 11.2. The van der Waals surface area contributed by atoms with Crippen molar-refractivity contribution in [3.8, 4) is 0 Å². The van der Waals surface area contributed by atoms with Crippen molar-refractivity contribution < 1.29 is 4.79 Å². The van der Waals surface area contributed by atoms with Crippen LogP contribution in [0, 0.1) is 20.8 Å². The standard InChI is InChI=1S/C20H20N6O/c1-11-9-12(2)21-19-18(11)20-22-13(3)10-17(26(20)25-19)24-16-7-5-15(6-8-16)23-14(4)27/h5-10,24H,1-4H3,(H,23,27). The summed E-state index contributed by atoms with van der Waals surface area (Å²) in [7, 11) is 0. The van der Waals surface area contributed by atoms with Crippen LogP contribution in [0.25, 0.3) is 16.7 Å². The number of hydrogen-bond acceptors (Lipinski definition) is 5. The average molecular weight is 360 g/mol. The highest BCUT2D eigenvalue weighted by Gasteiger charge is 2.14. The Kier molecular flexibility index (Phi) is 3.99. The Bertz CT molecular complexity index is 1180. The monoisotopic (exact) mass is 360 g/mol. The molecule has 0 unspecified atom stereocenters. The number of aryl methyl sites for hydroxylation is 3. The van der Waals surface area contributed by atoms with Gasteiger partial charge in [0.05, 0.1) is 5.39 Å². The van der Waals surface area contributed by atoms with Crippen LogP contribution in [0.2, 0.25) is 0 Å². The van der Waals surface area contributed by atoms with E-state index in [1.807, 2.05) is 50.2 Å². The number of aromatic nitrogens is 4. The fourth-order valence-electron chi connectivity index (χ4n) is 3.22. The van der Waals surface area contributed by atoms with Crippen LogP contribution in [0.4, 0.5) is 17.2 Å². The van der Waals surface area contributed by atoms with Crippen molar-refractivity contribution in [2.75, 3.05) is 10.6 Å². The smallest absolute Gasteiger partial charge is 0.221 e. The van der Waals surface area contributed by atoms with E-state index in [4.69, 9.17) is 0 Å². The molecule has 0 aliphatic heterocycles. The quantitative estimate of drug-likeness (QED) is 0.579. The van der Waals surface area contributed by atoms with E-state index in [1.165, 1.54) is 6.92 Å². The molecule has 2 N–H and O–H groups in total. The molecule has 136 valence electrons. The highest BCUT2D eigenvalue weighted by molar-refractivity contribution is 5.93. The zero-order chi connectivity index (χ0) is 19.1. The van der Waals surface area contributed by atoms with E-state index in [0.717, 1.165) is 45.2 Å². The lowest BCUT2D eigenvalue weighted by Crippen LogP contribution is -2.06. The molecule has 4 rings (SSSR count). The molecular weight excluding hydrogens is 340 g/mol. The summed E-state index contributed by atoms with van der Waals surface area (Å²) >= 11 is 0. The summed E-state index contributed by atoms with van der Waals surface area (Å²) in [6.45, 7) is 7.46. The van der Waals surface area contributed by atoms with Gasteiger partial charge in [-0.25, -0.2) is 9.97 Å². The number of rotatable bonds is 3. The predicted molar refractivity (Wildman–Crippen MR) is 107 cm³/mol. The summed E-state index contributed by atoms with van der Waals surface area (Å²) in [6.07, 6.45) is 0. The molecule has 3 aromatic heterocycles. The number of anilines is 3. The van der Waals surface area contributed by atoms with Crippen LogP contribution in [0.15, 0.2) is 36.4 Å². The van der Waals surface area contributed by atoms with E-state index in [1.54, 1.807) is 4.52 Å². The van der Waals surface area contributed by atoms with E-state index < -0.39 is 0 Å². The number of hydrogen-bond donors (Lipinski definition) is 2. The number of benzene rings is 1. The Morgan fingerprint density at radius 2 is 1.63 bits per heavy atom. The second-order valence-corrected chi connectivity index (χ2v) is 6.68. The molecular formula is C20H20N6O. The first-order chi connectivity index (χ1) is 12.9. The minimum atomic E-state index is -0.0939. The van der Waals surface area contributed by atoms with Crippen molar-refractivity contribution in [1.82, 2.24) is 19.6 Å². The van der Waals surface area contributed by atoms with Crippen molar-refractivity contribution in [3.05, 3.63) is 53.3 Å². The first kappa shape index (κ1) is 17.0. The maximum atomic E-state index is 11.2. The minimum absolute atomic E-state index is 0.0939. The van der Waals surface area contributed by atoms with E-state index >= 15 is 0 Å².